The van der Waals surface area contributed by atoms with Crippen LogP contribution in [0.1, 0.15) is 36.8 Å². The molecule has 1 aromatic heterocycles. The average Bonchev–Trinajstić information content (AvgIpc) is 2.64. The van der Waals surface area contributed by atoms with Crippen LogP contribution in [0.3, 0.4) is 0 Å². The molecule has 0 bridgehead atoms. The van der Waals surface area contributed by atoms with Crippen LogP contribution in [0.4, 0.5) is 10.1 Å². The van der Waals surface area contributed by atoms with Crippen molar-refractivity contribution < 1.29 is 9.18 Å². The Balaban J connectivity index is 1.45. The van der Waals surface area contributed by atoms with E-state index in [2.05, 4.69) is 21.3 Å². The maximum Gasteiger partial charge on any atom is 0.224 e. The zero-order valence-electron chi connectivity index (χ0n) is 15.2. The van der Waals surface area contributed by atoms with Gasteiger partial charge >= 0.3 is 0 Å². The lowest BCUT2D eigenvalue weighted by Crippen LogP contribution is -2.35. The number of anilines is 1. The Hall–Kier alpha value is -2.27. The van der Waals surface area contributed by atoms with Crippen molar-refractivity contribution >= 4 is 11.6 Å². The molecular weight excluding hydrogens is 329 g/mol. The fourth-order valence-electron chi connectivity index (χ4n) is 3.60. The van der Waals surface area contributed by atoms with E-state index in [-0.39, 0.29) is 11.7 Å². The first kappa shape index (κ1) is 18.5. The number of piperidine rings is 1. The number of carbonyl (C=O) groups excluding carboxylic acids is 1. The van der Waals surface area contributed by atoms with Gasteiger partial charge in [0, 0.05) is 37.6 Å². The molecule has 1 atom stereocenters. The standard InChI is InChI=1S/C21H26FN3O/c1-16-12-19(22)7-8-20(16)24-21(26)9-6-17-5-3-11-25(14-17)15-18-4-2-10-23-13-18/h2,4,7-8,10,12-13,17H,3,5-6,9,11,14-15H2,1H3,(H,24,26). The summed E-state index contributed by atoms with van der Waals surface area (Å²) in [6.07, 6.45) is 7.44. The Morgan fingerprint density at radius 3 is 3.04 bits per heavy atom. The van der Waals surface area contributed by atoms with Crippen molar-refractivity contribution in [2.45, 2.75) is 39.2 Å². The molecule has 138 valence electrons. The minimum absolute atomic E-state index is 0.00379. The lowest BCUT2D eigenvalue weighted by Gasteiger charge is -2.32. The second kappa shape index (κ2) is 8.90. The molecule has 1 unspecified atom stereocenters. The van der Waals surface area contributed by atoms with Crippen LogP contribution in [0.25, 0.3) is 0 Å². The summed E-state index contributed by atoms with van der Waals surface area (Å²) in [6, 6.07) is 8.51. The van der Waals surface area contributed by atoms with Crippen LogP contribution in [0.5, 0.6) is 0 Å². The number of halogens is 1. The molecule has 1 amide bonds. The predicted molar refractivity (Wildman–Crippen MR) is 101 cm³/mol. The van der Waals surface area contributed by atoms with Crippen molar-refractivity contribution in [2.75, 3.05) is 18.4 Å². The fraction of sp³-hybridized carbons (Fsp3) is 0.429. The van der Waals surface area contributed by atoms with Gasteiger partial charge in [0.25, 0.3) is 0 Å². The van der Waals surface area contributed by atoms with Crippen LogP contribution in [0.15, 0.2) is 42.7 Å². The zero-order valence-corrected chi connectivity index (χ0v) is 15.2. The molecule has 4 nitrogen and oxygen atoms in total. The molecule has 0 spiro atoms. The molecule has 0 radical (unpaired) electrons. The lowest BCUT2D eigenvalue weighted by atomic mass is 9.93. The maximum atomic E-state index is 13.1. The normalized spacial score (nSPS) is 17.8. The summed E-state index contributed by atoms with van der Waals surface area (Å²) in [5, 5.41) is 2.90. The van der Waals surface area contributed by atoms with Gasteiger partial charge in [-0.25, -0.2) is 4.39 Å². The molecule has 1 aliphatic rings. The van der Waals surface area contributed by atoms with E-state index in [0.29, 0.717) is 18.0 Å². The number of benzene rings is 1. The summed E-state index contributed by atoms with van der Waals surface area (Å²) in [7, 11) is 0. The zero-order chi connectivity index (χ0) is 18.4. The minimum Gasteiger partial charge on any atom is -0.326 e. The van der Waals surface area contributed by atoms with Gasteiger partial charge in [-0.05, 0) is 74.0 Å². The Kier molecular flexibility index (Phi) is 6.34. The number of hydrogen-bond acceptors (Lipinski definition) is 3. The molecule has 1 fully saturated rings. The topological polar surface area (TPSA) is 45.2 Å². The number of amides is 1. The predicted octanol–water partition coefficient (Wildman–Crippen LogP) is 4.16. The van der Waals surface area contributed by atoms with Gasteiger partial charge in [0.1, 0.15) is 5.82 Å². The van der Waals surface area contributed by atoms with E-state index >= 15 is 0 Å². The number of rotatable bonds is 6. The van der Waals surface area contributed by atoms with Gasteiger partial charge < -0.3 is 5.32 Å². The van der Waals surface area contributed by atoms with Crippen molar-refractivity contribution in [3.05, 3.63) is 59.7 Å². The van der Waals surface area contributed by atoms with E-state index in [0.717, 1.165) is 31.6 Å². The van der Waals surface area contributed by atoms with E-state index in [9.17, 15) is 9.18 Å². The summed E-state index contributed by atoms with van der Waals surface area (Å²) in [5.41, 5.74) is 2.68. The maximum absolute atomic E-state index is 13.1. The first-order valence-corrected chi connectivity index (χ1v) is 9.27. The third-order valence-corrected chi connectivity index (χ3v) is 4.97. The molecule has 2 aromatic rings. The van der Waals surface area contributed by atoms with E-state index < -0.39 is 0 Å². The van der Waals surface area contributed by atoms with Crippen LogP contribution in [0.2, 0.25) is 0 Å². The Labute approximate surface area is 154 Å². The van der Waals surface area contributed by atoms with Gasteiger partial charge in [-0.2, -0.15) is 0 Å². The van der Waals surface area contributed by atoms with E-state index in [1.807, 2.05) is 12.3 Å². The summed E-state index contributed by atoms with van der Waals surface area (Å²) < 4.78 is 13.1. The molecule has 1 saturated heterocycles. The van der Waals surface area contributed by atoms with Crippen LogP contribution in [-0.4, -0.2) is 28.9 Å². The van der Waals surface area contributed by atoms with Gasteiger partial charge in [-0.1, -0.05) is 6.07 Å². The Bertz CT molecular complexity index is 735. The first-order valence-electron chi connectivity index (χ1n) is 9.27. The monoisotopic (exact) mass is 355 g/mol. The van der Waals surface area contributed by atoms with Gasteiger partial charge in [0.05, 0.1) is 0 Å². The van der Waals surface area contributed by atoms with Gasteiger partial charge in [-0.3, -0.25) is 14.7 Å². The summed E-state index contributed by atoms with van der Waals surface area (Å²) in [5.74, 6) is 0.265. The number of hydrogen-bond donors (Lipinski definition) is 1. The van der Waals surface area contributed by atoms with Gasteiger partial charge in [0.2, 0.25) is 5.91 Å². The van der Waals surface area contributed by atoms with Gasteiger partial charge in [0.15, 0.2) is 0 Å². The van der Waals surface area contributed by atoms with Crippen molar-refractivity contribution in [3.63, 3.8) is 0 Å². The van der Waals surface area contributed by atoms with Crippen molar-refractivity contribution in [1.29, 1.82) is 0 Å². The van der Waals surface area contributed by atoms with Crippen molar-refractivity contribution in [1.82, 2.24) is 9.88 Å². The molecular formula is C21H26FN3O. The molecule has 26 heavy (non-hydrogen) atoms. The highest BCUT2D eigenvalue weighted by molar-refractivity contribution is 5.91. The molecule has 1 aromatic carbocycles. The number of nitrogens with zero attached hydrogens (tertiary/aromatic N) is 2. The van der Waals surface area contributed by atoms with Crippen LogP contribution in [0, 0.1) is 18.7 Å². The number of carbonyl (C=O) groups is 1. The largest absolute Gasteiger partial charge is 0.326 e. The van der Waals surface area contributed by atoms with E-state index in [1.165, 1.54) is 30.5 Å². The second-order valence-corrected chi connectivity index (χ2v) is 7.15. The van der Waals surface area contributed by atoms with Crippen LogP contribution < -0.4 is 5.32 Å². The highest BCUT2D eigenvalue weighted by atomic mass is 19.1. The average molecular weight is 355 g/mol. The SMILES string of the molecule is Cc1cc(F)ccc1NC(=O)CCC1CCCN(Cc2cccnc2)C1. The molecule has 0 aliphatic carbocycles. The third-order valence-electron chi connectivity index (χ3n) is 4.97. The summed E-state index contributed by atoms with van der Waals surface area (Å²) in [4.78, 5) is 18.9. The van der Waals surface area contributed by atoms with E-state index in [4.69, 9.17) is 0 Å². The number of nitrogens with one attached hydrogen (secondary N) is 1. The molecule has 3 rings (SSSR count). The van der Waals surface area contributed by atoms with Crippen molar-refractivity contribution in [3.8, 4) is 0 Å². The quantitative estimate of drug-likeness (QED) is 0.846. The van der Waals surface area contributed by atoms with Crippen LogP contribution in [-0.2, 0) is 11.3 Å². The first-order chi connectivity index (χ1) is 12.6. The third kappa shape index (κ3) is 5.36. The Morgan fingerprint density at radius 1 is 1.38 bits per heavy atom. The summed E-state index contributed by atoms with van der Waals surface area (Å²) in [6.45, 7) is 4.85. The highest BCUT2D eigenvalue weighted by Crippen LogP contribution is 2.23. The molecule has 2 heterocycles. The molecule has 0 saturated carbocycles. The molecule has 1 N–H and O–H groups in total. The van der Waals surface area contributed by atoms with Gasteiger partial charge in [-0.15, -0.1) is 0 Å². The van der Waals surface area contributed by atoms with Crippen LogP contribution >= 0.6 is 0 Å². The number of aromatic nitrogens is 1. The fourth-order valence-corrected chi connectivity index (χ4v) is 3.60. The second-order valence-electron chi connectivity index (χ2n) is 7.15. The highest BCUT2D eigenvalue weighted by Gasteiger charge is 2.21. The summed E-state index contributed by atoms with van der Waals surface area (Å²) >= 11 is 0. The van der Waals surface area contributed by atoms with Crippen molar-refractivity contribution in [2.24, 2.45) is 5.92 Å². The lowest BCUT2D eigenvalue weighted by molar-refractivity contribution is -0.116. The number of aryl methyl sites for hydroxylation is 1. The van der Waals surface area contributed by atoms with E-state index in [1.54, 1.807) is 19.2 Å². The number of pyridine rings is 1. The smallest absolute Gasteiger partial charge is 0.224 e. The minimum atomic E-state index is -0.281. The molecule has 1 aliphatic heterocycles. The molecule has 5 heteroatoms. The number of likely N-dealkylation sites (tertiary alicyclic amines) is 1. The Morgan fingerprint density at radius 2 is 2.27 bits per heavy atom.